The summed E-state index contributed by atoms with van der Waals surface area (Å²) in [6.45, 7) is 1.96. The highest BCUT2D eigenvalue weighted by Gasteiger charge is 2.18. The van der Waals surface area contributed by atoms with Crippen LogP contribution >= 0.6 is 0 Å². The van der Waals surface area contributed by atoms with Crippen LogP contribution in [0.1, 0.15) is 17.7 Å². The van der Waals surface area contributed by atoms with Crippen molar-refractivity contribution in [2.45, 2.75) is 13.3 Å². The van der Waals surface area contributed by atoms with Crippen molar-refractivity contribution in [1.29, 1.82) is 0 Å². The maximum atomic E-state index is 13.4. The summed E-state index contributed by atoms with van der Waals surface area (Å²) in [6, 6.07) is 16.0. The van der Waals surface area contributed by atoms with E-state index < -0.39 is 5.82 Å². The number of halogens is 1. The van der Waals surface area contributed by atoms with Gasteiger partial charge in [-0.05, 0) is 48.4 Å². The van der Waals surface area contributed by atoms with E-state index in [2.05, 4.69) is 15.3 Å². The van der Waals surface area contributed by atoms with Gasteiger partial charge < -0.3 is 5.32 Å². The summed E-state index contributed by atoms with van der Waals surface area (Å²) in [7, 11) is 0. The third kappa shape index (κ3) is 3.11. The van der Waals surface area contributed by atoms with Crippen molar-refractivity contribution in [1.82, 2.24) is 4.98 Å². The summed E-state index contributed by atoms with van der Waals surface area (Å²) in [5, 5.41) is 2.71. The van der Waals surface area contributed by atoms with Crippen LogP contribution < -0.4 is 5.32 Å². The predicted octanol–water partition coefficient (Wildman–Crippen LogP) is 4.66. The van der Waals surface area contributed by atoms with Gasteiger partial charge in [0.15, 0.2) is 0 Å². The number of carbonyl (C=O) groups is 1. The number of hydrogen-bond donors (Lipinski definition) is 1. The van der Waals surface area contributed by atoms with E-state index in [1.165, 1.54) is 12.1 Å². The average molecular weight is 345 g/mol. The zero-order valence-corrected chi connectivity index (χ0v) is 14.2. The Morgan fingerprint density at radius 3 is 2.73 bits per heavy atom. The quantitative estimate of drug-likeness (QED) is 0.734. The van der Waals surface area contributed by atoms with E-state index in [4.69, 9.17) is 0 Å². The van der Waals surface area contributed by atoms with Crippen molar-refractivity contribution >= 4 is 23.0 Å². The zero-order valence-electron chi connectivity index (χ0n) is 14.2. The highest BCUT2D eigenvalue weighted by molar-refractivity contribution is 6.17. The molecule has 4 rings (SSSR count). The molecule has 1 N–H and O–H groups in total. The topological polar surface area (TPSA) is 54.4 Å². The molecule has 0 aliphatic carbocycles. The number of hydrogen-bond acceptors (Lipinski definition) is 3. The molecule has 3 aromatic rings. The van der Waals surface area contributed by atoms with Crippen LogP contribution in [0.5, 0.6) is 0 Å². The summed E-state index contributed by atoms with van der Waals surface area (Å²) < 4.78 is 13.4. The fraction of sp³-hybridized carbons (Fsp3) is 0.0952. The standard InChI is InChI=1S/C21H16FN3O/c1-13-17(6-3-9-23-13)14-4-2-5-15(10-14)19-12-21(26)25-20-11-16(22)7-8-18(20)24-19/h2-11H,12H2,1H3,(H,25,26). The fourth-order valence-corrected chi connectivity index (χ4v) is 3.06. The van der Waals surface area contributed by atoms with Gasteiger partial charge >= 0.3 is 0 Å². The Balaban J connectivity index is 1.80. The van der Waals surface area contributed by atoms with E-state index in [1.807, 2.05) is 43.3 Å². The van der Waals surface area contributed by atoms with Gasteiger partial charge in [-0.1, -0.05) is 24.3 Å². The molecule has 128 valence electrons. The van der Waals surface area contributed by atoms with Gasteiger partial charge in [0.05, 0.1) is 23.5 Å². The molecule has 0 bridgehead atoms. The number of pyridine rings is 1. The van der Waals surface area contributed by atoms with Gasteiger partial charge in [0, 0.05) is 17.5 Å². The summed E-state index contributed by atoms with van der Waals surface area (Å²) in [4.78, 5) is 21.2. The number of aromatic nitrogens is 1. The Morgan fingerprint density at radius 2 is 1.88 bits per heavy atom. The first kappa shape index (κ1) is 16.1. The molecule has 2 heterocycles. The van der Waals surface area contributed by atoms with Crippen LogP contribution in [0.4, 0.5) is 15.8 Å². The van der Waals surface area contributed by atoms with Gasteiger partial charge in [-0.2, -0.15) is 0 Å². The molecular weight excluding hydrogens is 329 g/mol. The molecule has 26 heavy (non-hydrogen) atoms. The maximum Gasteiger partial charge on any atom is 0.230 e. The molecule has 0 atom stereocenters. The van der Waals surface area contributed by atoms with Crippen molar-refractivity contribution in [3.05, 3.63) is 77.9 Å². The van der Waals surface area contributed by atoms with Crippen molar-refractivity contribution in [2.24, 2.45) is 4.99 Å². The molecule has 0 saturated carbocycles. The minimum Gasteiger partial charge on any atom is -0.324 e. The molecule has 0 saturated heterocycles. The Morgan fingerprint density at radius 1 is 1.04 bits per heavy atom. The number of nitrogens with one attached hydrogen (secondary N) is 1. The monoisotopic (exact) mass is 345 g/mol. The summed E-state index contributed by atoms with van der Waals surface area (Å²) >= 11 is 0. The van der Waals surface area contributed by atoms with Gasteiger partial charge in [-0.3, -0.25) is 14.8 Å². The zero-order chi connectivity index (χ0) is 18.1. The molecule has 0 spiro atoms. The number of aryl methyl sites for hydroxylation is 1. The Bertz CT molecular complexity index is 1040. The molecule has 2 aromatic carbocycles. The highest BCUT2D eigenvalue weighted by atomic mass is 19.1. The molecule has 0 unspecified atom stereocenters. The number of carbonyl (C=O) groups excluding carboxylic acids is 1. The van der Waals surface area contributed by atoms with Crippen LogP contribution in [0.2, 0.25) is 0 Å². The molecule has 4 nitrogen and oxygen atoms in total. The largest absolute Gasteiger partial charge is 0.324 e. The first-order valence-corrected chi connectivity index (χ1v) is 8.29. The molecule has 1 aliphatic heterocycles. The first-order chi connectivity index (χ1) is 12.6. The number of fused-ring (bicyclic) bond motifs is 1. The number of amides is 1. The Hall–Kier alpha value is -3.34. The second-order valence-corrected chi connectivity index (χ2v) is 6.16. The lowest BCUT2D eigenvalue weighted by molar-refractivity contribution is -0.115. The van der Waals surface area contributed by atoms with Crippen LogP contribution in [-0.2, 0) is 4.79 Å². The van der Waals surface area contributed by atoms with E-state index >= 15 is 0 Å². The lowest BCUT2D eigenvalue weighted by atomic mass is 9.99. The third-order valence-corrected chi connectivity index (χ3v) is 4.33. The Kier molecular flexibility index (Phi) is 4.05. The molecule has 5 heteroatoms. The maximum absolute atomic E-state index is 13.4. The lowest BCUT2D eigenvalue weighted by Crippen LogP contribution is -2.15. The summed E-state index contributed by atoms with van der Waals surface area (Å²) in [5.74, 6) is -0.618. The van der Waals surface area contributed by atoms with E-state index in [0.717, 1.165) is 22.4 Å². The predicted molar refractivity (Wildman–Crippen MR) is 100 cm³/mol. The third-order valence-electron chi connectivity index (χ3n) is 4.33. The number of rotatable bonds is 2. The van der Waals surface area contributed by atoms with E-state index in [9.17, 15) is 9.18 Å². The molecule has 1 aliphatic rings. The van der Waals surface area contributed by atoms with Gasteiger partial charge in [-0.25, -0.2) is 4.39 Å². The summed E-state index contributed by atoms with van der Waals surface area (Å²) in [6.07, 6.45) is 1.89. The van der Waals surface area contributed by atoms with Gasteiger partial charge in [0.1, 0.15) is 5.82 Å². The second-order valence-electron chi connectivity index (χ2n) is 6.16. The highest BCUT2D eigenvalue weighted by Crippen LogP contribution is 2.30. The van der Waals surface area contributed by atoms with Crippen LogP contribution in [0.25, 0.3) is 11.1 Å². The van der Waals surface area contributed by atoms with E-state index in [0.29, 0.717) is 17.1 Å². The molecular formula is C21H16FN3O. The van der Waals surface area contributed by atoms with Crippen molar-refractivity contribution in [2.75, 3.05) is 5.32 Å². The van der Waals surface area contributed by atoms with Crippen LogP contribution in [0, 0.1) is 12.7 Å². The number of nitrogens with zero attached hydrogens (tertiary/aromatic N) is 2. The van der Waals surface area contributed by atoms with Gasteiger partial charge in [-0.15, -0.1) is 0 Å². The normalized spacial score (nSPS) is 13.5. The van der Waals surface area contributed by atoms with E-state index in [1.54, 1.807) is 12.3 Å². The van der Waals surface area contributed by atoms with Gasteiger partial charge in [0.25, 0.3) is 0 Å². The van der Waals surface area contributed by atoms with Crippen molar-refractivity contribution in [3.8, 4) is 11.1 Å². The minimum atomic E-state index is -0.406. The van der Waals surface area contributed by atoms with E-state index in [-0.39, 0.29) is 12.3 Å². The van der Waals surface area contributed by atoms with Crippen LogP contribution in [0.15, 0.2) is 65.8 Å². The van der Waals surface area contributed by atoms with Crippen LogP contribution in [-0.4, -0.2) is 16.6 Å². The summed E-state index contributed by atoms with van der Waals surface area (Å²) in [5.41, 5.74) is 5.44. The van der Waals surface area contributed by atoms with Crippen molar-refractivity contribution in [3.63, 3.8) is 0 Å². The molecule has 0 radical (unpaired) electrons. The average Bonchev–Trinajstić information content (AvgIpc) is 2.80. The second kappa shape index (κ2) is 6.52. The van der Waals surface area contributed by atoms with Gasteiger partial charge in [0.2, 0.25) is 5.91 Å². The number of aliphatic imine (C=N–C) groups is 1. The molecule has 0 fully saturated rings. The smallest absolute Gasteiger partial charge is 0.230 e. The van der Waals surface area contributed by atoms with Crippen molar-refractivity contribution < 1.29 is 9.18 Å². The molecule has 1 aromatic heterocycles. The fourth-order valence-electron chi connectivity index (χ4n) is 3.06. The molecule has 1 amide bonds. The Labute approximate surface area is 150 Å². The lowest BCUT2D eigenvalue weighted by Gasteiger charge is -2.08. The number of benzene rings is 2. The number of anilines is 1. The first-order valence-electron chi connectivity index (χ1n) is 8.29. The van der Waals surface area contributed by atoms with Crippen LogP contribution in [0.3, 0.4) is 0 Å². The SMILES string of the molecule is Cc1ncccc1-c1cccc(C2=Nc3ccc(F)cc3NC(=O)C2)c1. The minimum absolute atomic E-state index is 0.131.